The maximum atomic E-state index is 2.58. The van der Waals surface area contributed by atoms with Crippen molar-refractivity contribution in [3.63, 3.8) is 0 Å². The Kier molecular flexibility index (Phi) is 9.38. The van der Waals surface area contributed by atoms with E-state index in [0.717, 1.165) is 5.92 Å². The summed E-state index contributed by atoms with van der Waals surface area (Å²) in [4.78, 5) is 0. The third-order valence-electron chi connectivity index (χ3n) is 11.0. The molecule has 4 aromatic rings. The molecule has 4 aliphatic rings. The summed E-state index contributed by atoms with van der Waals surface area (Å²) < 4.78 is 0. The van der Waals surface area contributed by atoms with Gasteiger partial charge in [-0.25, -0.2) is 0 Å². The topological polar surface area (TPSA) is 0 Å². The molecule has 0 aromatic heterocycles. The summed E-state index contributed by atoms with van der Waals surface area (Å²) in [7, 11) is 0. The van der Waals surface area contributed by atoms with E-state index in [0.29, 0.717) is 11.8 Å². The molecule has 8 rings (SSSR count). The van der Waals surface area contributed by atoms with Gasteiger partial charge in [0.1, 0.15) is 0 Å². The third-order valence-corrected chi connectivity index (χ3v) is 11.0. The van der Waals surface area contributed by atoms with Crippen LogP contribution in [0.2, 0.25) is 0 Å². The van der Waals surface area contributed by atoms with Crippen LogP contribution in [-0.4, -0.2) is 0 Å². The largest absolute Gasteiger partial charge is 0.0683 e. The molecule has 0 saturated heterocycles. The zero-order valence-electron chi connectivity index (χ0n) is 27.0. The Morgan fingerprint density at radius 3 is 1.33 bits per heavy atom. The highest BCUT2D eigenvalue weighted by molar-refractivity contribution is 6.21. The Morgan fingerprint density at radius 1 is 0.405 bits per heavy atom. The maximum absolute atomic E-state index is 2.58. The van der Waals surface area contributed by atoms with Crippen molar-refractivity contribution in [2.24, 2.45) is 0 Å². The predicted octanol–water partition coefficient (Wildman–Crippen LogP) is 13.8. The Morgan fingerprint density at radius 2 is 0.833 bits per heavy atom. The van der Waals surface area contributed by atoms with Crippen LogP contribution in [0.25, 0.3) is 43.8 Å². The molecule has 3 fully saturated rings. The Hall–Kier alpha value is -2.60. The van der Waals surface area contributed by atoms with Gasteiger partial charge in [0.15, 0.2) is 0 Å². The van der Waals surface area contributed by atoms with E-state index < -0.39 is 0 Å². The van der Waals surface area contributed by atoms with Gasteiger partial charge in [-0.3, -0.25) is 0 Å². The van der Waals surface area contributed by atoms with Crippen LogP contribution in [0.5, 0.6) is 0 Å². The van der Waals surface area contributed by atoms with E-state index in [1.54, 1.807) is 60.5 Å². The monoisotopic (exact) mass is 558 g/mol. The SMILES string of the molecule is CC.CC.c1ccc2c(C3CCCCC3)c3c(c(C4CCCCC4)c2c1)-c1cccc2c(C4CCCCC4)ccc-3c12. The van der Waals surface area contributed by atoms with E-state index in [9.17, 15) is 0 Å². The van der Waals surface area contributed by atoms with Gasteiger partial charge >= 0.3 is 0 Å². The number of hydrogen-bond donors (Lipinski definition) is 0. The molecular formula is C42H54. The van der Waals surface area contributed by atoms with Crippen LogP contribution in [0.3, 0.4) is 0 Å². The van der Waals surface area contributed by atoms with Crippen molar-refractivity contribution < 1.29 is 0 Å². The fourth-order valence-electron chi connectivity index (χ4n) is 9.30. The van der Waals surface area contributed by atoms with Crippen LogP contribution in [0, 0.1) is 0 Å². The van der Waals surface area contributed by atoms with Crippen LogP contribution in [0.1, 0.15) is 158 Å². The minimum atomic E-state index is 0.699. The highest BCUT2D eigenvalue weighted by Crippen LogP contribution is 2.58. The van der Waals surface area contributed by atoms with Crippen molar-refractivity contribution in [3.8, 4) is 22.3 Å². The molecule has 222 valence electrons. The van der Waals surface area contributed by atoms with Crippen molar-refractivity contribution in [3.05, 3.63) is 71.3 Å². The molecular weight excluding hydrogens is 504 g/mol. The molecule has 0 heterocycles. The third kappa shape index (κ3) is 5.02. The molecule has 4 aliphatic carbocycles. The second-order valence-electron chi connectivity index (χ2n) is 13.1. The van der Waals surface area contributed by atoms with Crippen molar-refractivity contribution in [1.82, 2.24) is 0 Å². The standard InChI is InChI=1S/C38H42.2C2H6/c1-4-13-25(14-5-1)28-23-24-33-36-29(28)21-12-22-32(36)37-34(26-15-6-2-7-16-26)30-19-10-11-20-31(30)35(38(33)37)27-17-8-3-9-18-27;2*1-2/h10-12,19-27H,1-9,13-18H2;2*1-2H3. The molecule has 0 unspecified atom stereocenters. The van der Waals surface area contributed by atoms with Crippen LogP contribution >= 0.6 is 0 Å². The summed E-state index contributed by atoms with van der Waals surface area (Å²) in [6, 6.07) is 22.1. The summed E-state index contributed by atoms with van der Waals surface area (Å²) in [6.07, 6.45) is 20.8. The Labute approximate surface area is 256 Å². The highest BCUT2D eigenvalue weighted by atomic mass is 14.4. The molecule has 0 radical (unpaired) electrons. The lowest BCUT2D eigenvalue weighted by Gasteiger charge is -2.31. The number of rotatable bonds is 3. The molecule has 0 N–H and O–H groups in total. The van der Waals surface area contributed by atoms with Gasteiger partial charge in [0.05, 0.1) is 0 Å². The van der Waals surface area contributed by atoms with Crippen molar-refractivity contribution in [2.45, 2.75) is 142 Å². The summed E-state index contributed by atoms with van der Waals surface area (Å²) in [5.41, 5.74) is 11.5. The molecule has 0 heteroatoms. The highest BCUT2D eigenvalue weighted by Gasteiger charge is 2.35. The van der Waals surface area contributed by atoms with Gasteiger partial charge in [-0.05, 0) is 117 Å². The number of fused-ring (bicyclic) bond motifs is 4. The van der Waals surface area contributed by atoms with E-state index >= 15 is 0 Å². The maximum Gasteiger partial charge on any atom is -0.00233 e. The predicted molar refractivity (Wildman–Crippen MR) is 186 cm³/mol. The Bertz CT molecular complexity index is 1430. The van der Waals surface area contributed by atoms with E-state index in [1.165, 1.54) is 96.3 Å². The molecule has 0 atom stereocenters. The minimum Gasteiger partial charge on any atom is -0.0683 e. The van der Waals surface area contributed by atoms with Crippen molar-refractivity contribution in [2.75, 3.05) is 0 Å². The van der Waals surface area contributed by atoms with Crippen molar-refractivity contribution >= 4 is 21.5 Å². The van der Waals surface area contributed by atoms with Crippen LogP contribution in [0.15, 0.2) is 54.6 Å². The lowest BCUT2D eigenvalue weighted by atomic mass is 9.73. The van der Waals surface area contributed by atoms with Gasteiger partial charge in [0, 0.05) is 0 Å². The zero-order chi connectivity index (χ0) is 29.1. The summed E-state index contributed by atoms with van der Waals surface area (Å²) >= 11 is 0. The number of hydrogen-bond acceptors (Lipinski definition) is 0. The first-order valence-electron chi connectivity index (χ1n) is 18.0. The van der Waals surface area contributed by atoms with Gasteiger partial charge in [-0.15, -0.1) is 0 Å². The molecule has 4 aromatic carbocycles. The second kappa shape index (κ2) is 13.4. The van der Waals surface area contributed by atoms with Gasteiger partial charge in [0.25, 0.3) is 0 Å². The van der Waals surface area contributed by atoms with Crippen LogP contribution in [-0.2, 0) is 0 Å². The summed E-state index contributed by atoms with van der Waals surface area (Å²) in [5.74, 6) is 2.14. The first kappa shape index (κ1) is 29.5. The molecule has 42 heavy (non-hydrogen) atoms. The molecule has 3 saturated carbocycles. The molecule has 0 bridgehead atoms. The first-order chi connectivity index (χ1) is 20.9. The van der Waals surface area contributed by atoms with Gasteiger partial charge < -0.3 is 0 Å². The minimum absolute atomic E-state index is 0.699. The first-order valence-corrected chi connectivity index (χ1v) is 18.0. The van der Waals surface area contributed by atoms with E-state index in [2.05, 4.69) is 54.6 Å². The smallest absolute Gasteiger partial charge is 0.00233 e. The molecule has 0 spiro atoms. The zero-order valence-corrected chi connectivity index (χ0v) is 27.0. The lowest BCUT2D eigenvalue weighted by Crippen LogP contribution is -2.11. The average Bonchev–Trinajstić information content (AvgIpc) is 3.42. The van der Waals surface area contributed by atoms with E-state index in [-0.39, 0.29) is 0 Å². The van der Waals surface area contributed by atoms with Crippen LogP contribution < -0.4 is 0 Å². The van der Waals surface area contributed by atoms with Gasteiger partial charge in [0.2, 0.25) is 0 Å². The molecule has 0 nitrogen and oxygen atoms in total. The average molecular weight is 559 g/mol. The Balaban J connectivity index is 0.000000759. The fraction of sp³-hybridized carbons (Fsp3) is 0.524. The van der Waals surface area contributed by atoms with E-state index in [1.807, 2.05) is 27.7 Å². The summed E-state index contributed by atoms with van der Waals surface area (Å²) in [6.45, 7) is 8.00. The van der Waals surface area contributed by atoms with Gasteiger partial charge in [-0.2, -0.15) is 0 Å². The summed E-state index contributed by atoms with van der Waals surface area (Å²) in [5, 5.41) is 6.32. The normalized spacial score (nSPS) is 19.1. The lowest BCUT2D eigenvalue weighted by molar-refractivity contribution is 0.443. The second-order valence-corrected chi connectivity index (χ2v) is 13.1. The molecule has 0 aliphatic heterocycles. The fourth-order valence-corrected chi connectivity index (χ4v) is 9.30. The molecule has 0 amide bonds. The van der Waals surface area contributed by atoms with E-state index in [4.69, 9.17) is 0 Å². The van der Waals surface area contributed by atoms with Crippen molar-refractivity contribution in [1.29, 1.82) is 0 Å². The number of benzene rings is 4. The van der Waals surface area contributed by atoms with Gasteiger partial charge in [-0.1, -0.05) is 140 Å². The quantitative estimate of drug-likeness (QED) is 0.206. The van der Waals surface area contributed by atoms with Crippen LogP contribution in [0.4, 0.5) is 0 Å².